The fourth-order valence-electron chi connectivity index (χ4n) is 3.74. The fourth-order valence-corrected chi connectivity index (χ4v) is 5.12. The van der Waals surface area contributed by atoms with Gasteiger partial charge in [0.05, 0.1) is 36.4 Å². The van der Waals surface area contributed by atoms with Crippen LogP contribution in [0.4, 0.5) is 5.69 Å². The number of ether oxygens (including phenoxy) is 2. The van der Waals surface area contributed by atoms with Crippen molar-refractivity contribution in [3.05, 3.63) is 91.0 Å². The SMILES string of the molecule is COc1cc(C2=C[C@H](OC)[C@@H](NC(=O)CSc3ccncc3)C=C2)ccc1NC(=O)CSc1ccncc1. The van der Waals surface area contributed by atoms with E-state index in [-0.39, 0.29) is 29.7 Å². The molecule has 1 aliphatic carbocycles. The summed E-state index contributed by atoms with van der Waals surface area (Å²) in [7, 11) is 3.19. The summed E-state index contributed by atoms with van der Waals surface area (Å²) in [5.74, 6) is 0.912. The van der Waals surface area contributed by atoms with E-state index < -0.39 is 0 Å². The van der Waals surface area contributed by atoms with Crippen molar-refractivity contribution in [3.8, 4) is 5.75 Å². The number of nitrogens with zero attached hydrogens (tertiary/aromatic N) is 2. The zero-order valence-electron chi connectivity index (χ0n) is 21.0. The van der Waals surface area contributed by atoms with Gasteiger partial charge in [0.1, 0.15) is 5.75 Å². The topological polar surface area (TPSA) is 102 Å². The summed E-state index contributed by atoms with van der Waals surface area (Å²) in [5, 5.41) is 5.95. The summed E-state index contributed by atoms with van der Waals surface area (Å²) < 4.78 is 11.2. The third kappa shape index (κ3) is 7.70. The first kappa shape index (κ1) is 27.4. The molecule has 0 unspecified atom stereocenters. The third-order valence-corrected chi connectivity index (χ3v) is 7.65. The molecule has 2 amide bonds. The molecule has 2 heterocycles. The lowest BCUT2D eigenvalue weighted by Gasteiger charge is -2.26. The second-order valence-electron chi connectivity index (χ2n) is 8.18. The molecule has 38 heavy (non-hydrogen) atoms. The van der Waals surface area contributed by atoms with Crippen molar-refractivity contribution in [2.45, 2.75) is 21.9 Å². The van der Waals surface area contributed by atoms with Crippen LogP contribution in [0.1, 0.15) is 5.56 Å². The van der Waals surface area contributed by atoms with E-state index in [1.807, 2.05) is 60.7 Å². The highest BCUT2D eigenvalue weighted by Crippen LogP contribution is 2.31. The first-order chi connectivity index (χ1) is 18.6. The van der Waals surface area contributed by atoms with Gasteiger partial charge in [0.2, 0.25) is 11.8 Å². The van der Waals surface area contributed by atoms with Gasteiger partial charge in [-0.3, -0.25) is 19.6 Å². The van der Waals surface area contributed by atoms with Gasteiger partial charge in [-0.1, -0.05) is 18.2 Å². The number of carbonyl (C=O) groups excluding carboxylic acids is 2. The van der Waals surface area contributed by atoms with Crippen LogP contribution in [0.15, 0.2) is 95.3 Å². The Hall–Kier alpha value is -3.60. The number of carbonyl (C=O) groups is 2. The summed E-state index contributed by atoms with van der Waals surface area (Å²) in [5.41, 5.74) is 2.43. The smallest absolute Gasteiger partial charge is 0.234 e. The van der Waals surface area contributed by atoms with E-state index >= 15 is 0 Å². The molecule has 1 aromatic carbocycles. The minimum atomic E-state index is -0.333. The van der Waals surface area contributed by atoms with Crippen molar-refractivity contribution in [1.82, 2.24) is 15.3 Å². The number of hydrogen-bond acceptors (Lipinski definition) is 8. The van der Waals surface area contributed by atoms with Gasteiger partial charge in [-0.05, 0) is 53.6 Å². The molecular formula is C28H28N4O4S2. The molecule has 0 fully saturated rings. The lowest BCUT2D eigenvalue weighted by molar-refractivity contribution is -0.119. The molecule has 0 bridgehead atoms. The van der Waals surface area contributed by atoms with Gasteiger partial charge in [-0.25, -0.2) is 0 Å². The zero-order chi connectivity index (χ0) is 26.7. The predicted octanol–water partition coefficient (Wildman–Crippen LogP) is 4.46. The molecule has 2 N–H and O–H groups in total. The molecule has 0 spiro atoms. The zero-order valence-corrected chi connectivity index (χ0v) is 22.6. The van der Waals surface area contributed by atoms with Crippen molar-refractivity contribution in [3.63, 3.8) is 0 Å². The monoisotopic (exact) mass is 548 g/mol. The molecule has 196 valence electrons. The maximum atomic E-state index is 12.5. The maximum Gasteiger partial charge on any atom is 0.234 e. The normalized spacial score (nSPS) is 16.4. The number of anilines is 1. The van der Waals surface area contributed by atoms with E-state index in [4.69, 9.17) is 9.47 Å². The molecule has 0 aliphatic heterocycles. The Morgan fingerprint density at radius 3 is 2.13 bits per heavy atom. The van der Waals surface area contributed by atoms with Crippen molar-refractivity contribution in [2.24, 2.45) is 0 Å². The summed E-state index contributed by atoms with van der Waals surface area (Å²) in [6.45, 7) is 0. The lowest BCUT2D eigenvalue weighted by Crippen LogP contribution is -2.43. The molecule has 2 aromatic heterocycles. The van der Waals surface area contributed by atoms with Gasteiger partial charge >= 0.3 is 0 Å². The summed E-state index contributed by atoms with van der Waals surface area (Å²) in [6, 6.07) is 12.8. The summed E-state index contributed by atoms with van der Waals surface area (Å²) in [6.07, 6.45) is 12.3. The lowest BCUT2D eigenvalue weighted by atomic mass is 9.94. The minimum absolute atomic E-state index is 0.0794. The Morgan fingerprint density at radius 2 is 1.53 bits per heavy atom. The van der Waals surface area contributed by atoms with Crippen LogP contribution < -0.4 is 15.4 Å². The van der Waals surface area contributed by atoms with Gasteiger partial charge in [-0.15, -0.1) is 23.5 Å². The average molecular weight is 549 g/mol. The second kappa shape index (κ2) is 13.8. The van der Waals surface area contributed by atoms with Crippen LogP contribution in [0.3, 0.4) is 0 Å². The molecule has 10 heteroatoms. The predicted molar refractivity (Wildman–Crippen MR) is 151 cm³/mol. The molecule has 0 saturated heterocycles. The van der Waals surface area contributed by atoms with Crippen LogP contribution in [0, 0.1) is 0 Å². The van der Waals surface area contributed by atoms with Crippen LogP contribution in [-0.2, 0) is 14.3 Å². The number of benzene rings is 1. The van der Waals surface area contributed by atoms with E-state index in [2.05, 4.69) is 20.6 Å². The first-order valence-electron chi connectivity index (χ1n) is 11.8. The van der Waals surface area contributed by atoms with Crippen LogP contribution in [-0.4, -0.2) is 59.7 Å². The Bertz CT molecular complexity index is 1300. The van der Waals surface area contributed by atoms with Crippen molar-refractivity contribution in [1.29, 1.82) is 0 Å². The molecule has 1 aliphatic rings. The molecule has 3 aromatic rings. The number of methoxy groups -OCH3 is 2. The molecule has 2 atom stereocenters. The van der Waals surface area contributed by atoms with Crippen molar-refractivity contribution in [2.75, 3.05) is 31.0 Å². The standard InChI is InChI=1S/C28H28N4O4S2/c1-35-25-15-19(3-5-23(25)31-27(33)17-37-21-7-11-29-12-8-21)20-4-6-24(26(16-20)36-2)32-28(34)18-38-22-9-13-30-14-10-22/h3-16,23,25H,17-18H2,1-2H3,(H,31,33)(H,32,34)/t23-,25-/m0/s1. The average Bonchev–Trinajstić information content (AvgIpc) is 2.96. The highest BCUT2D eigenvalue weighted by atomic mass is 32.2. The van der Waals surface area contributed by atoms with E-state index in [0.29, 0.717) is 17.2 Å². The fraction of sp³-hybridized carbons (Fsp3) is 0.214. The summed E-state index contributed by atoms with van der Waals surface area (Å²) >= 11 is 2.89. The number of nitrogens with one attached hydrogen (secondary N) is 2. The molecule has 8 nitrogen and oxygen atoms in total. The third-order valence-electron chi connectivity index (χ3n) is 5.63. The Balaban J connectivity index is 1.36. The summed E-state index contributed by atoms with van der Waals surface area (Å²) in [4.78, 5) is 35.0. The Labute approximate surface area is 230 Å². The maximum absolute atomic E-state index is 12.5. The van der Waals surface area contributed by atoms with Gasteiger partial charge in [0.25, 0.3) is 0 Å². The number of rotatable bonds is 11. The molecular weight excluding hydrogens is 520 g/mol. The number of thioether (sulfide) groups is 2. The Morgan fingerprint density at radius 1 is 0.895 bits per heavy atom. The molecule has 4 rings (SSSR count). The van der Waals surface area contributed by atoms with E-state index in [1.54, 1.807) is 39.0 Å². The van der Waals surface area contributed by atoms with Gasteiger partial charge in [-0.2, -0.15) is 0 Å². The van der Waals surface area contributed by atoms with Gasteiger partial charge < -0.3 is 20.1 Å². The Kier molecular flexibility index (Phi) is 9.97. The quantitative estimate of drug-likeness (QED) is 0.339. The van der Waals surface area contributed by atoms with Gasteiger partial charge in [0, 0.05) is 41.7 Å². The minimum Gasteiger partial charge on any atom is -0.495 e. The molecule has 0 saturated carbocycles. The number of allylic oxidation sites excluding steroid dienone is 2. The van der Waals surface area contributed by atoms with Crippen LogP contribution in [0.5, 0.6) is 5.75 Å². The van der Waals surface area contributed by atoms with Gasteiger partial charge in [0.15, 0.2) is 0 Å². The number of amides is 2. The second-order valence-corrected chi connectivity index (χ2v) is 10.3. The van der Waals surface area contributed by atoms with Crippen LogP contribution in [0.25, 0.3) is 5.57 Å². The first-order valence-corrected chi connectivity index (χ1v) is 13.8. The van der Waals surface area contributed by atoms with Crippen LogP contribution in [0.2, 0.25) is 0 Å². The van der Waals surface area contributed by atoms with E-state index in [9.17, 15) is 9.59 Å². The van der Waals surface area contributed by atoms with E-state index in [1.165, 1.54) is 23.5 Å². The van der Waals surface area contributed by atoms with Crippen LogP contribution >= 0.6 is 23.5 Å². The molecule has 0 radical (unpaired) electrons. The number of hydrogen-bond donors (Lipinski definition) is 2. The number of pyridine rings is 2. The van der Waals surface area contributed by atoms with Crippen molar-refractivity contribution >= 4 is 46.6 Å². The highest BCUT2D eigenvalue weighted by molar-refractivity contribution is 8.00. The van der Waals surface area contributed by atoms with E-state index in [0.717, 1.165) is 20.9 Å². The largest absolute Gasteiger partial charge is 0.495 e. The number of aromatic nitrogens is 2. The van der Waals surface area contributed by atoms with Crippen molar-refractivity contribution < 1.29 is 19.1 Å². The highest BCUT2D eigenvalue weighted by Gasteiger charge is 2.23.